The van der Waals surface area contributed by atoms with Crippen LogP contribution in [-0.2, 0) is 12.3 Å². The maximum Gasteiger partial charge on any atom is 0.112 e. The summed E-state index contributed by atoms with van der Waals surface area (Å²) in [5, 5.41) is 0. The molecule has 2 heterocycles. The van der Waals surface area contributed by atoms with E-state index in [0.717, 1.165) is 23.6 Å². The molecule has 3 nitrogen and oxygen atoms in total. The number of rotatable bonds is 3. The van der Waals surface area contributed by atoms with Gasteiger partial charge >= 0.3 is 0 Å². The molecular weight excluding hydrogens is 198 g/mol. The SMILES string of the molecule is ClCc1cnc(Cc2ccccn2)[nH]1. The van der Waals surface area contributed by atoms with Crippen LogP contribution in [0, 0.1) is 0 Å². The van der Waals surface area contributed by atoms with E-state index in [0.29, 0.717) is 5.88 Å². The highest BCUT2D eigenvalue weighted by atomic mass is 35.5. The molecule has 0 bridgehead atoms. The van der Waals surface area contributed by atoms with Gasteiger partial charge in [-0.05, 0) is 12.1 Å². The molecule has 0 fully saturated rings. The quantitative estimate of drug-likeness (QED) is 0.784. The topological polar surface area (TPSA) is 41.6 Å². The lowest BCUT2D eigenvalue weighted by atomic mass is 10.3. The van der Waals surface area contributed by atoms with E-state index in [4.69, 9.17) is 11.6 Å². The first kappa shape index (κ1) is 9.21. The van der Waals surface area contributed by atoms with Gasteiger partial charge in [0.25, 0.3) is 0 Å². The molecule has 1 N–H and O–H groups in total. The first-order valence-corrected chi connectivity index (χ1v) is 4.90. The smallest absolute Gasteiger partial charge is 0.112 e. The number of aromatic amines is 1. The minimum absolute atomic E-state index is 0.467. The Labute approximate surface area is 87.2 Å². The predicted octanol–water partition coefficient (Wildman–Crippen LogP) is 2.13. The maximum atomic E-state index is 5.66. The highest BCUT2D eigenvalue weighted by molar-refractivity contribution is 6.16. The number of alkyl halides is 1. The third-order valence-electron chi connectivity index (χ3n) is 1.90. The van der Waals surface area contributed by atoms with Crippen LogP contribution < -0.4 is 0 Å². The van der Waals surface area contributed by atoms with Crippen LogP contribution in [0.15, 0.2) is 30.6 Å². The molecule has 72 valence electrons. The Bertz CT molecular complexity index is 397. The molecule has 14 heavy (non-hydrogen) atoms. The molecule has 0 saturated heterocycles. The summed E-state index contributed by atoms with van der Waals surface area (Å²) in [4.78, 5) is 11.5. The van der Waals surface area contributed by atoms with Crippen molar-refractivity contribution in [2.75, 3.05) is 0 Å². The molecule has 2 rings (SSSR count). The molecule has 0 amide bonds. The van der Waals surface area contributed by atoms with Gasteiger partial charge in [0.05, 0.1) is 5.88 Å². The standard InChI is InChI=1S/C10H10ClN3/c11-6-9-7-13-10(14-9)5-8-3-1-2-4-12-8/h1-4,7H,5-6H2,(H,13,14). The van der Waals surface area contributed by atoms with Crippen molar-refractivity contribution in [2.45, 2.75) is 12.3 Å². The van der Waals surface area contributed by atoms with Gasteiger partial charge in [-0.15, -0.1) is 11.6 Å². The number of nitrogens with zero attached hydrogens (tertiary/aromatic N) is 2. The normalized spacial score (nSPS) is 10.4. The second kappa shape index (κ2) is 4.24. The van der Waals surface area contributed by atoms with E-state index >= 15 is 0 Å². The van der Waals surface area contributed by atoms with Gasteiger partial charge in [0.2, 0.25) is 0 Å². The van der Waals surface area contributed by atoms with E-state index in [-0.39, 0.29) is 0 Å². The van der Waals surface area contributed by atoms with Crippen LogP contribution in [0.4, 0.5) is 0 Å². The first-order valence-electron chi connectivity index (χ1n) is 4.37. The summed E-state index contributed by atoms with van der Waals surface area (Å²) in [6.07, 6.45) is 4.25. The molecule has 0 aliphatic rings. The Kier molecular flexibility index (Phi) is 2.79. The van der Waals surface area contributed by atoms with Crippen LogP contribution in [0.3, 0.4) is 0 Å². The number of H-pyrrole nitrogens is 1. The molecule has 0 spiro atoms. The van der Waals surface area contributed by atoms with Crippen LogP contribution in [0.25, 0.3) is 0 Å². The fraction of sp³-hybridized carbons (Fsp3) is 0.200. The molecule has 2 aromatic heterocycles. The summed E-state index contributed by atoms with van der Waals surface area (Å²) in [7, 11) is 0. The molecule has 0 aliphatic carbocycles. The molecule has 0 aliphatic heterocycles. The Morgan fingerprint density at radius 2 is 2.21 bits per heavy atom. The van der Waals surface area contributed by atoms with Crippen molar-refractivity contribution < 1.29 is 0 Å². The van der Waals surface area contributed by atoms with E-state index in [1.54, 1.807) is 12.4 Å². The van der Waals surface area contributed by atoms with Crippen molar-refractivity contribution in [2.24, 2.45) is 0 Å². The average Bonchev–Trinajstić information content (AvgIpc) is 2.67. The molecule has 0 unspecified atom stereocenters. The highest BCUT2D eigenvalue weighted by Crippen LogP contribution is 2.05. The summed E-state index contributed by atoms with van der Waals surface area (Å²) in [6, 6.07) is 5.84. The third kappa shape index (κ3) is 2.12. The van der Waals surface area contributed by atoms with Crippen LogP contribution in [0.1, 0.15) is 17.2 Å². The van der Waals surface area contributed by atoms with Gasteiger partial charge < -0.3 is 4.98 Å². The van der Waals surface area contributed by atoms with Crippen LogP contribution in [0.5, 0.6) is 0 Å². The largest absolute Gasteiger partial charge is 0.345 e. The summed E-state index contributed by atoms with van der Waals surface area (Å²) in [6.45, 7) is 0. The zero-order valence-electron chi connectivity index (χ0n) is 7.57. The van der Waals surface area contributed by atoms with Gasteiger partial charge in [0.15, 0.2) is 0 Å². The Morgan fingerprint density at radius 1 is 1.29 bits per heavy atom. The van der Waals surface area contributed by atoms with Gasteiger partial charge in [-0.1, -0.05) is 6.07 Å². The lowest BCUT2D eigenvalue weighted by Gasteiger charge is -1.95. The number of aromatic nitrogens is 3. The van der Waals surface area contributed by atoms with Crippen molar-refractivity contribution in [3.8, 4) is 0 Å². The number of hydrogen-bond acceptors (Lipinski definition) is 2. The summed E-state index contributed by atoms with van der Waals surface area (Å²) >= 11 is 5.66. The molecule has 4 heteroatoms. The monoisotopic (exact) mass is 207 g/mol. The summed E-state index contributed by atoms with van der Waals surface area (Å²) in [5.41, 5.74) is 1.94. The minimum atomic E-state index is 0.467. The van der Waals surface area contributed by atoms with E-state index in [1.807, 2.05) is 18.2 Å². The van der Waals surface area contributed by atoms with Crippen molar-refractivity contribution in [3.63, 3.8) is 0 Å². The van der Waals surface area contributed by atoms with Crippen molar-refractivity contribution >= 4 is 11.6 Å². The zero-order valence-corrected chi connectivity index (χ0v) is 8.33. The van der Waals surface area contributed by atoms with Crippen molar-refractivity contribution in [1.29, 1.82) is 0 Å². The van der Waals surface area contributed by atoms with Gasteiger partial charge in [-0.25, -0.2) is 4.98 Å². The minimum Gasteiger partial charge on any atom is -0.345 e. The van der Waals surface area contributed by atoms with Gasteiger partial charge in [-0.3, -0.25) is 4.98 Å². The lowest BCUT2D eigenvalue weighted by Crippen LogP contribution is -1.93. The van der Waals surface area contributed by atoms with E-state index < -0.39 is 0 Å². The van der Waals surface area contributed by atoms with Gasteiger partial charge in [0, 0.05) is 30.2 Å². The number of imidazole rings is 1. The fourth-order valence-corrected chi connectivity index (χ4v) is 1.37. The summed E-state index contributed by atoms with van der Waals surface area (Å²) < 4.78 is 0. The summed E-state index contributed by atoms with van der Waals surface area (Å²) in [5.74, 6) is 1.37. The number of nitrogens with one attached hydrogen (secondary N) is 1. The first-order chi connectivity index (χ1) is 6.88. The third-order valence-corrected chi connectivity index (χ3v) is 2.19. The van der Waals surface area contributed by atoms with Gasteiger partial charge in [0.1, 0.15) is 5.82 Å². The van der Waals surface area contributed by atoms with E-state index in [2.05, 4.69) is 15.0 Å². The molecular formula is C10H10ClN3. The van der Waals surface area contributed by atoms with Crippen LogP contribution >= 0.6 is 11.6 Å². The second-order valence-electron chi connectivity index (χ2n) is 2.99. The van der Waals surface area contributed by atoms with Crippen molar-refractivity contribution in [1.82, 2.24) is 15.0 Å². The number of halogens is 1. The van der Waals surface area contributed by atoms with Crippen LogP contribution in [0.2, 0.25) is 0 Å². The average molecular weight is 208 g/mol. The van der Waals surface area contributed by atoms with E-state index in [9.17, 15) is 0 Å². The Morgan fingerprint density at radius 3 is 2.86 bits per heavy atom. The lowest BCUT2D eigenvalue weighted by molar-refractivity contribution is 0.969. The predicted molar refractivity (Wildman–Crippen MR) is 55.2 cm³/mol. The molecule has 0 radical (unpaired) electrons. The number of pyridine rings is 1. The molecule has 0 atom stereocenters. The Balaban J connectivity index is 2.11. The maximum absolute atomic E-state index is 5.66. The Hall–Kier alpha value is -1.35. The molecule has 0 saturated carbocycles. The molecule has 0 aromatic carbocycles. The zero-order chi connectivity index (χ0) is 9.80. The number of hydrogen-bond donors (Lipinski definition) is 1. The second-order valence-corrected chi connectivity index (χ2v) is 3.25. The molecule has 2 aromatic rings. The highest BCUT2D eigenvalue weighted by Gasteiger charge is 2.01. The van der Waals surface area contributed by atoms with Crippen molar-refractivity contribution in [3.05, 3.63) is 47.8 Å². The van der Waals surface area contributed by atoms with Crippen LogP contribution in [-0.4, -0.2) is 15.0 Å². The van der Waals surface area contributed by atoms with E-state index in [1.165, 1.54) is 0 Å². The van der Waals surface area contributed by atoms with Gasteiger partial charge in [-0.2, -0.15) is 0 Å². The fourth-order valence-electron chi connectivity index (χ4n) is 1.24.